The molecule has 0 atom stereocenters. The van der Waals surface area contributed by atoms with Crippen LogP contribution < -0.4 is 14.8 Å². The van der Waals surface area contributed by atoms with E-state index in [4.69, 9.17) is 21.1 Å². The summed E-state index contributed by atoms with van der Waals surface area (Å²) < 4.78 is 25.5. The summed E-state index contributed by atoms with van der Waals surface area (Å²) in [4.78, 5) is 17.4. The lowest BCUT2D eigenvalue weighted by Gasteiger charge is -2.15. The number of benzene rings is 3. The quantitative estimate of drug-likeness (QED) is 0.372. The Balaban J connectivity index is 1.56. The molecule has 1 heterocycles. The number of hydrogen-bond donors (Lipinski definition) is 1. The van der Waals surface area contributed by atoms with Crippen molar-refractivity contribution in [3.63, 3.8) is 0 Å². The third kappa shape index (κ3) is 5.79. The van der Waals surface area contributed by atoms with Crippen LogP contribution in [0.2, 0.25) is 5.02 Å². The summed E-state index contributed by atoms with van der Waals surface area (Å²) >= 11 is 7.73. The van der Waals surface area contributed by atoms with E-state index in [1.807, 2.05) is 38.1 Å². The Hall–Kier alpha value is -3.29. The Kier molecular flexibility index (Phi) is 7.55. The highest BCUT2D eigenvalue weighted by atomic mass is 35.5. The molecule has 1 aliphatic heterocycles. The predicted octanol–water partition coefficient (Wildman–Crippen LogP) is 6.66. The minimum atomic E-state index is -0.356. The van der Waals surface area contributed by atoms with Gasteiger partial charge in [-0.25, -0.2) is 9.38 Å². The Labute approximate surface area is 206 Å². The Bertz CT molecular complexity index is 1280. The molecule has 174 valence electrons. The molecule has 1 aliphatic rings. The zero-order chi connectivity index (χ0) is 24.1. The van der Waals surface area contributed by atoms with Gasteiger partial charge in [0.05, 0.1) is 22.2 Å². The second-order valence-electron chi connectivity index (χ2n) is 7.46. The number of rotatable bonds is 7. The first-order valence-corrected chi connectivity index (χ1v) is 11.8. The van der Waals surface area contributed by atoms with E-state index in [2.05, 4.69) is 10.3 Å². The zero-order valence-corrected chi connectivity index (χ0v) is 20.2. The molecular formula is C26H22ClFN2O3S. The second-order valence-corrected chi connectivity index (χ2v) is 8.90. The first kappa shape index (κ1) is 23.9. The van der Waals surface area contributed by atoms with Gasteiger partial charge in [-0.3, -0.25) is 4.79 Å². The highest BCUT2D eigenvalue weighted by Gasteiger charge is 2.24. The fourth-order valence-electron chi connectivity index (χ4n) is 3.21. The van der Waals surface area contributed by atoms with E-state index < -0.39 is 0 Å². The fourth-order valence-corrected chi connectivity index (χ4v) is 4.32. The zero-order valence-electron chi connectivity index (χ0n) is 18.6. The molecule has 1 N–H and O–H groups in total. The number of nitrogens with one attached hydrogen (secondary N) is 1. The SMILES string of the molecule is CCOc1cc(/C=C2/SC(=Nc3ccc(C)cc3)NC2=O)cc(Cl)c1OCc1ccccc1F. The first-order chi connectivity index (χ1) is 16.4. The number of nitrogens with zero attached hydrogens (tertiary/aromatic N) is 1. The number of carbonyl (C=O) groups is 1. The van der Waals surface area contributed by atoms with Crippen LogP contribution in [0.25, 0.3) is 6.08 Å². The number of ether oxygens (including phenoxy) is 2. The molecule has 5 nitrogen and oxygen atoms in total. The third-order valence-electron chi connectivity index (χ3n) is 4.87. The fraction of sp³-hybridized carbons (Fsp3) is 0.154. The van der Waals surface area contributed by atoms with Crippen molar-refractivity contribution in [2.75, 3.05) is 6.61 Å². The van der Waals surface area contributed by atoms with E-state index in [1.165, 1.54) is 17.8 Å². The summed E-state index contributed by atoms with van der Waals surface area (Å²) in [6.07, 6.45) is 1.71. The number of carbonyl (C=O) groups excluding carboxylic acids is 1. The highest BCUT2D eigenvalue weighted by molar-refractivity contribution is 8.18. The molecule has 1 amide bonds. The molecule has 0 aliphatic carbocycles. The second kappa shape index (κ2) is 10.8. The maximum absolute atomic E-state index is 14.0. The molecule has 4 rings (SSSR count). The van der Waals surface area contributed by atoms with Crippen LogP contribution in [0, 0.1) is 12.7 Å². The Morgan fingerprint density at radius 1 is 1.12 bits per heavy atom. The number of hydrogen-bond acceptors (Lipinski definition) is 5. The molecule has 0 radical (unpaired) electrons. The van der Waals surface area contributed by atoms with Crippen LogP contribution in [0.15, 0.2) is 70.6 Å². The smallest absolute Gasteiger partial charge is 0.264 e. The Morgan fingerprint density at radius 2 is 1.88 bits per heavy atom. The van der Waals surface area contributed by atoms with E-state index in [0.29, 0.717) is 44.3 Å². The van der Waals surface area contributed by atoms with Crippen molar-refractivity contribution in [1.29, 1.82) is 0 Å². The van der Waals surface area contributed by atoms with Crippen LogP contribution in [0.1, 0.15) is 23.6 Å². The van der Waals surface area contributed by atoms with Gasteiger partial charge in [-0.2, -0.15) is 0 Å². The van der Waals surface area contributed by atoms with Crippen molar-refractivity contribution >= 4 is 46.2 Å². The molecule has 3 aromatic carbocycles. The maximum Gasteiger partial charge on any atom is 0.264 e. The third-order valence-corrected chi connectivity index (χ3v) is 6.07. The van der Waals surface area contributed by atoms with Crippen LogP contribution in [-0.2, 0) is 11.4 Å². The lowest BCUT2D eigenvalue weighted by Crippen LogP contribution is -2.19. The van der Waals surface area contributed by atoms with Gasteiger partial charge in [0.15, 0.2) is 16.7 Å². The average Bonchev–Trinajstić information content (AvgIpc) is 3.14. The summed E-state index contributed by atoms with van der Waals surface area (Å²) in [6, 6.07) is 17.5. The summed E-state index contributed by atoms with van der Waals surface area (Å²) in [5.41, 5.74) is 2.97. The first-order valence-electron chi connectivity index (χ1n) is 10.6. The van der Waals surface area contributed by atoms with Crippen molar-refractivity contribution in [2.45, 2.75) is 20.5 Å². The van der Waals surface area contributed by atoms with Gasteiger partial charge in [0.25, 0.3) is 5.91 Å². The van der Waals surface area contributed by atoms with Gasteiger partial charge >= 0.3 is 0 Å². The van der Waals surface area contributed by atoms with Gasteiger partial charge in [-0.15, -0.1) is 0 Å². The Morgan fingerprint density at radius 3 is 2.62 bits per heavy atom. The number of aliphatic imine (C=N–C) groups is 1. The van der Waals surface area contributed by atoms with Gasteiger partial charge in [-0.05, 0) is 67.6 Å². The van der Waals surface area contributed by atoms with Crippen molar-refractivity contribution in [3.05, 3.63) is 93.1 Å². The lowest BCUT2D eigenvalue weighted by molar-refractivity contribution is -0.115. The average molecular weight is 497 g/mol. The van der Waals surface area contributed by atoms with Crippen molar-refractivity contribution in [1.82, 2.24) is 5.32 Å². The topological polar surface area (TPSA) is 59.9 Å². The number of halogens is 2. The predicted molar refractivity (Wildman–Crippen MR) is 135 cm³/mol. The minimum absolute atomic E-state index is 0.00396. The van der Waals surface area contributed by atoms with E-state index in [0.717, 1.165) is 11.3 Å². The molecule has 8 heteroatoms. The van der Waals surface area contributed by atoms with Crippen molar-refractivity contribution < 1.29 is 18.7 Å². The van der Waals surface area contributed by atoms with Crippen LogP contribution in [0.4, 0.5) is 10.1 Å². The molecule has 1 fully saturated rings. The number of amides is 1. The standard InChI is InChI=1S/C26H22ClFN2O3S/c1-3-32-22-13-17(12-20(27)24(22)33-15-18-6-4-5-7-21(18)28)14-23-25(31)30-26(34-23)29-19-10-8-16(2)9-11-19/h4-14H,3,15H2,1-2H3,(H,29,30,31)/b23-14+. The molecule has 1 saturated heterocycles. The van der Waals surface area contributed by atoms with Gasteiger partial charge in [0.2, 0.25) is 0 Å². The normalized spacial score (nSPS) is 15.6. The van der Waals surface area contributed by atoms with Gasteiger partial charge in [0.1, 0.15) is 12.4 Å². The summed E-state index contributed by atoms with van der Waals surface area (Å²) in [7, 11) is 0. The summed E-state index contributed by atoms with van der Waals surface area (Å²) in [6.45, 7) is 4.23. The molecule has 34 heavy (non-hydrogen) atoms. The van der Waals surface area contributed by atoms with Gasteiger partial charge in [0, 0.05) is 5.56 Å². The van der Waals surface area contributed by atoms with Crippen molar-refractivity contribution in [2.24, 2.45) is 4.99 Å². The molecule has 0 aromatic heterocycles. The van der Waals surface area contributed by atoms with Crippen LogP contribution >= 0.6 is 23.4 Å². The largest absolute Gasteiger partial charge is 0.490 e. The summed E-state index contributed by atoms with van der Waals surface area (Å²) in [5.74, 6) is 0.129. The molecule has 0 bridgehead atoms. The van der Waals surface area contributed by atoms with Crippen LogP contribution in [-0.4, -0.2) is 17.7 Å². The number of aryl methyl sites for hydroxylation is 1. The highest BCUT2D eigenvalue weighted by Crippen LogP contribution is 2.39. The van der Waals surface area contributed by atoms with E-state index in [-0.39, 0.29) is 18.3 Å². The van der Waals surface area contributed by atoms with E-state index in [9.17, 15) is 9.18 Å². The lowest BCUT2D eigenvalue weighted by atomic mass is 10.1. The monoisotopic (exact) mass is 496 g/mol. The maximum atomic E-state index is 14.0. The minimum Gasteiger partial charge on any atom is -0.490 e. The van der Waals surface area contributed by atoms with Crippen molar-refractivity contribution in [3.8, 4) is 11.5 Å². The van der Waals surface area contributed by atoms with Crippen LogP contribution in [0.3, 0.4) is 0 Å². The number of thioether (sulfide) groups is 1. The van der Waals surface area contributed by atoms with E-state index >= 15 is 0 Å². The molecule has 0 saturated carbocycles. The molecule has 0 unspecified atom stereocenters. The number of amidine groups is 1. The molecule has 0 spiro atoms. The van der Waals surface area contributed by atoms with E-state index in [1.54, 1.807) is 36.4 Å². The van der Waals surface area contributed by atoms with Crippen LogP contribution in [0.5, 0.6) is 11.5 Å². The molecular weight excluding hydrogens is 475 g/mol. The molecule has 3 aromatic rings. The van der Waals surface area contributed by atoms with Gasteiger partial charge < -0.3 is 14.8 Å². The summed E-state index contributed by atoms with van der Waals surface area (Å²) in [5, 5.41) is 3.58. The van der Waals surface area contributed by atoms with Gasteiger partial charge in [-0.1, -0.05) is 47.5 Å².